The van der Waals surface area contributed by atoms with E-state index in [0.717, 1.165) is 25.7 Å². The van der Waals surface area contributed by atoms with E-state index in [-0.39, 0.29) is 0 Å². The monoisotopic (exact) mass is 721 g/mol. The van der Waals surface area contributed by atoms with Crippen molar-refractivity contribution >= 4 is 0 Å². The first-order valence-corrected chi connectivity index (χ1v) is 24.3. The summed E-state index contributed by atoms with van der Waals surface area (Å²) in [5, 5.41) is 21.8. The number of aliphatic hydroxyl groups is 2. The van der Waals surface area contributed by atoms with Crippen molar-refractivity contribution in [3.05, 3.63) is 0 Å². The summed E-state index contributed by atoms with van der Waals surface area (Å²) >= 11 is 0. The molecule has 2 nitrogen and oxygen atoms in total. The average molecular weight is 721 g/mol. The van der Waals surface area contributed by atoms with Crippen molar-refractivity contribution in [1.29, 1.82) is 0 Å². The Balaban J connectivity index is 3.46. The Morgan fingerprint density at radius 2 is 0.392 bits per heavy atom. The lowest BCUT2D eigenvalue weighted by molar-refractivity contribution is -0.0555. The molecule has 2 N–H and O–H groups in total. The van der Waals surface area contributed by atoms with Crippen LogP contribution >= 0.6 is 0 Å². The molecule has 0 fully saturated rings. The van der Waals surface area contributed by atoms with Gasteiger partial charge in [0.25, 0.3) is 0 Å². The van der Waals surface area contributed by atoms with Crippen LogP contribution in [0.15, 0.2) is 0 Å². The van der Waals surface area contributed by atoms with Crippen LogP contribution < -0.4 is 0 Å². The van der Waals surface area contributed by atoms with Crippen LogP contribution in [0.3, 0.4) is 0 Å². The molecule has 0 aliphatic carbocycles. The summed E-state index contributed by atoms with van der Waals surface area (Å²) in [5.74, 6) is 0. The van der Waals surface area contributed by atoms with Crippen LogP contribution in [0.1, 0.15) is 297 Å². The lowest BCUT2D eigenvalue weighted by Crippen LogP contribution is -2.40. The van der Waals surface area contributed by atoms with Gasteiger partial charge in [0.2, 0.25) is 0 Å². The van der Waals surface area contributed by atoms with Gasteiger partial charge in [0.05, 0.1) is 12.2 Å². The third kappa shape index (κ3) is 36.7. The number of unbranched alkanes of at least 4 members (excludes halogenated alkanes) is 38. The molecule has 0 spiro atoms. The zero-order valence-electron chi connectivity index (χ0n) is 36.2. The Hall–Kier alpha value is -0.0800. The van der Waals surface area contributed by atoms with Gasteiger partial charge < -0.3 is 10.2 Å². The first-order valence-electron chi connectivity index (χ1n) is 24.3. The number of aliphatic hydroxyl groups excluding tert-OH is 2. The lowest BCUT2D eigenvalue weighted by Gasteiger charge is -2.35. The van der Waals surface area contributed by atoms with Gasteiger partial charge >= 0.3 is 0 Å². The molecule has 51 heavy (non-hydrogen) atoms. The first-order chi connectivity index (χ1) is 25.0. The van der Waals surface area contributed by atoms with Gasteiger partial charge in [0, 0.05) is 5.41 Å². The highest BCUT2D eigenvalue weighted by molar-refractivity contribution is 4.85. The first kappa shape index (κ1) is 50.9. The summed E-state index contributed by atoms with van der Waals surface area (Å²) in [6.07, 6.45) is 56.8. The summed E-state index contributed by atoms with van der Waals surface area (Å²) in [6.45, 7) is 8.76. The Labute approximate surface area is 324 Å². The molecule has 0 radical (unpaired) electrons. The van der Waals surface area contributed by atoms with Gasteiger partial charge in [0.15, 0.2) is 0 Å². The fraction of sp³-hybridized carbons (Fsp3) is 1.00. The van der Waals surface area contributed by atoms with Crippen LogP contribution in [0.25, 0.3) is 0 Å². The minimum absolute atomic E-state index is 0.395. The summed E-state index contributed by atoms with van der Waals surface area (Å²) in [5.41, 5.74) is -0.401. The highest BCUT2D eigenvalue weighted by Crippen LogP contribution is 2.32. The quantitative estimate of drug-likeness (QED) is 0.0615. The van der Waals surface area contributed by atoms with Gasteiger partial charge in [0.1, 0.15) is 0 Å². The number of hydrogen-bond donors (Lipinski definition) is 2. The zero-order valence-corrected chi connectivity index (χ0v) is 36.2. The summed E-state index contributed by atoms with van der Waals surface area (Å²) in [6, 6.07) is 0. The predicted octanol–water partition coefficient (Wildman–Crippen LogP) is 17.2. The SMILES string of the molecule is CCCCCCCCCCCCCCCCCCCCCCC(O)C(C)(C)C(O)CCCCCCCCCCCCCCCCCCCCCC. The lowest BCUT2D eigenvalue weighted by atomic mass is 9.77. The maximum absolute atomic E-state index is 10.9. The summed E-state index contributed by atoms with van der Waals surface area (Å²) in [4.78, 5) is 0. The Morgan fingerprint density at radius 3 is 0.549 bits per heavy atom. The van der Waals surface area contributed by atoms with E-state index in [1.54, 1.807) is 0 Å². The maximum atomic E-state index is 10.9. The molecule has 0 aromatic carbocycles. The second-order valence-electron chi connectivity index (χ2n) is 17.9. The standard InChI is InChI=1S/C49H100O2/c1-5-7-9-11-13-15-17-19-21-23-25-27-29-31-33-35-37-39-41-43-45-47(50)49(3,4)48(51)46-44-42-40-38-36-34-32-30-28-26-24-22-20-18-16-14-12-10-8-6-2/h47-48,50-51H,5-46H2,1-4H3. The van der Waals surface area contributed by atoms with E-state index in [1.165, 1.54) is 244 Å². The molecule has 2 atom stereocenters. The van der Waals surface area contributed by atoms with Crippen LogP contribution in [-0.2, 0) is 0 Å². The smallest absolute Gasteiger partial charge is 0.0615 e. The van der Waals surface area contributed by atoms with E-state index in [0.29, 0.717) is 0 Å². The van der Waals surface area contributed by atoms with E-state index in [9.17, 15) is 10.2 Å². The average Bonchev–Trinajstić information content (AvgIpc) is 3.12. The van der Waals surface area contributed by atoms with Crippen LogP contribution in [0.2, 0.25) is 0 Å². The number of rotatable bonds is 44. The maximum Gasteiger partial charge on any atom is 0.0615 e. The molecule has 2 unspecified atom stereocenters. The van der Waals surface area contributed by atoms with E-state index in [2.05, 4.69) is 27.7 Å². The van der Waals surface area contributed by atoms with Crippen LogP contribution in [0, 0.1) is 5.41 Å². The van der Waals surface area contributed by atoms with Crippen molar-refractivity contribution in [2.24, 2.45) is 5.41 Å². The summed E-state index contributed by atoms with van der Waals surface area (Å²) in [7, 11) is 0. The van der Waals surface area contributed by atoms with Gasteiger partial charge in [-0.05, 0) is 12.8 Å². The van der Waals surface area contributed by atoms with Crippen molar-refractivity contribution in [1.82, 2.24) is 0 Å². The highest BCUT2D eigenvalue weighted by Gasteiger charge is 2.34. The molecule has 0 rings (SSSR count). The van der Waals surface area contributed by atoms with E-state index in [1.807, 2.05) is 0 Å². The third-order valence-electron chi connectivity index (χ3n) is 12.4. The molecule has 2 heteroatoms. The van der Waals surface area contributed by atoms with Gasteiger partial charge in [-0.15, -0.1) is 0 Å². The van der Waals surface area contributed by atoms with E-state index >= 15 is 0 Å². The van der Waals surface area contributed by atoms with Crippen molar-refractivity contribution in [3.63, 3.8) is 0 Å². The Bertz CT molecular complexity index is 578. The fourth-order valence-corrected chi connectivity index (χ4v) is 8.15. The van der Waals surface area contributed by atoms with Crippen LogP contribution in [-0.4, -0.2) is 22.4 Å². The molecule has 0 saturated heterocycles. The normalized spacial score (nSPS) is 13.3. The van der Waals surface area contributed by atoms with Crippen molar-refractivity contribution in [2.45, 2.75) is 310 Å². The molecule has 308 valence electrons. The summed E-state index contributed by atoms with van der Waals surface area (Å²) < 4.78 is 0. The highest BCUT2D eigenvalue weighted by atomic mass is 16.3. The van der Waals surface area contributed by atoms with Gasteiger partial charge in [-0.25, -0.2) is 0 Å². The number of hydrogen-bond acceptors (Lipinski definition) is 2. The zero-order chi connectivity index (χ0) is 37.4. The fourth-order valence-electron chi connectivity index (χ4n) is 8.15. The predicted molar refractivity (Wildman–Crippen MR) is 231 cm³/mol. The molecule has 0 aromatic rings. The molecular weight excluding hydrogens is 621 g/mol. The van der Waals surface area contributed by atoms with Crippen molar-refractivity contribution in [2.75, 3.05) is 0 Å². The minimum Gasteiger partial charge on any atom is -0.392 e. The van der Waals surface area contributed by atoms with Crippen molar-refractivity contribution < 1.29 is 10.2 Å². The van der Waals surface area contributed by atoms with Crippen LogP contribution in [0.5, 0.6) is 0 Å². The molecule has 0 heterocycles. The molecule has 0 saturated carbocycles. The molecule has 0 aliphatic heterocycles. The Kier molecular flexibility index (Phi) is 41.0. The van der Waals surface area contributed by atoms with Gasteiger partial charge in [-0.3, -0.25) is 0 Å². The van der Waals surface area contributed by atoms with E-state index < -0.39 is 17.6 Å². The van der Waals surface area contributed by atoms with E-state index in [4.69, 9.17) is 0 Å². The largest absolute Gasteiger partial charge is 0.392 e. The molecular formula is C49H100O2. The molecule has 0 bridgehead atoms. The minimum atomic E-state index is -0.401. The topological polar surface area (TPSA) is 40.5 Å². The van der Waals surface area contributed by atoms with Gasteiger partial charge in [-0.1, -0.05) is 285 Å². The second kappa shape index (κ2) is 41.1. The van der Waals surface area contributed by atoms with Crippen LogP contribution in [0.4, 0.5) is 0 Å². The van der Waals surface area contributed by atoms with Crippen molar-refractivity contribution in [3.8, 4) is 0 Å². The van der Waals surface area contributed by atoms with Gasteiger partial charge in [-0.2, -0.15) is 0 Å². The second-order valence-corrected chi connectivity index (χ2v) is 17.9. The molecule has 0 amide bonds. The Morgan fingerprint density at radius 1 is 0.255 bits per heavy atom. The third-order valence-corrected chi connectivity index (χ3v) is 12.4. The molecule has 0 aromatic heterocycles. The molecule has 0 aliphatic rings.